The highest BCUT2D eigenvalue weighted by Crippen LogP contribution is 2.23. The molecule has 0 saturated carbocycles. The molecule has 1 aliphatic heterocycles. The molecule has 0 radical (unpaired) electrons. The number of nitrogens with one attached hydrogen (secondary N) is 1. The molecule has 1 heterocycles. The van der Waals surface area contributed by atoms with Gasteiger partial charge in [0.05, 0.1) is 5.92 Å². The third-order valence-corrected chi connectivity index (χ3v) is 4.83. The number of hydrogen-bond donors (Lipinski definition) is 2. The first-order valence-electron chi connectivity index (χ1n) is 7.93. The second-order valence-electron chi connectivity index (χ2n) is 6.06. The summed E-state index contributed by atoms with van der Waals surface area (Å²) in [5.74, 6) is -1.50. The molecule has 0 bridgehead atoms. The zero-order valence-corrected chi connectivity index (χ0v) is 15.1. The summed E-state index contributed by atoms with van der Waals surface area (Å²) in [6.07, 6.45) is 0.695. The maximum absolute atomic E-state index is 12.2. The summed E-state index contributed by atoms with van der Waals surface area (Å²) in [5.41, 5.74) is 0.543. The van der Waals surface area contributed by atoms with Gasteiger partial charge in [-0.2, -0.15) is 0 Å². The Morgan fingerprint density at radius 1 is 1.29 bits per heavy atom. The number of carboxylic acids is 1. The van der Waals surface area contributed by atoms with Crippen LogP contribution in [0, 0.1) is 11.8 Å². The van der Waals surface area contributed by atoms with Crippen LogP contribution in [0.2, 0.25) is 0 Å². The van der Waals surface area contributed by atoms with Crippen LogP contribution in [-0.4, -0.2) is 47.4 Å². The number of benzene rings is 1. The summed E-state index contributed by atoms with van der Waals surface area (Å²) in [6.45, 7) is 3.03. The normalized spacial score (nSPS) is 20.5. The van der Waals surface area contributed by atoms with Crippen LogP contribution >= 0.6 is 15.9 Å². The van der Waals surface area contributed by atoms with Crippen LogP contribution < -0.4 is 5.32 Å². The van der Waals surface area contributed by atoms with E-state index in [-0.39, 0.29) is 36.6 Å². The van der Waals surface area contributed by atoms with Crippen LogP contribution in [0.4, 0.5) is 0 Å². The molecular weight excluding hydrogens is 376 g/mol. The van der Waals surface area contributed by atoms with E-state index in [1.54, 1.807) is 29.2 Å². The third-order valence-electron chi connectivity index (χ3n) is 4.31. The predicted octanol–water partition coefficient (Wildman–Crippen LogP) is 2.14. The minimum Gasteiger partial charge on any atom is -0.481 e. The fraction of sp³-hybridized carbons (Fsp3) is 0.471. The summed E-state index contributed by atoms with van der Waals surface area (Å²) in [4.78, 5) is 37.0. The molecule has 2 unspecified atom stereocenters. The van der Waals surface area contributed by atoms with E-state index in [0.717, 1.165) is 4.47 Å². The van der Waals surface area contributed by atoms with E-state index >= 15 is 0 Å². The van der Waals surface area contributed by atoms with Gasteiger partial charge in [-0.05, 0) is 36.6 Å². The molecule has 0 aromatic heterocycles. The topological polar surface area (TPSA) is 86.7 Å². The molecule has 2 rings (SSSR count). The van der Waals surface area contributed by atoms with Crippen LogP contribution in [0.25, 0.3) is 0 Å². The van der Waals surface area contributed by atoms with Gasteiger partial charge in [-0.1, -0.05) is 22.9 Å². The van der Waals surface area contributed by atoms with Crippen molar-refractivity contribution in [3.8, 4) is 0 Å². The number of nitrogens with zero attached hydrogens (tertiary/aromatic N) is 1. The van der Waals surface area contributed by atoms with Crippen molar-refractivity contribution < 1.29 is 19.5 Å². The van der Waals surface area contributed by atoms with Gasteiger partial charge in [-0.25, -0.2) is 0 Å². The van der Waals surface area contributed by atoms with Crippen molar-refractivity contribution >= 4 is 33.7 Å². The number of carbonyl (C=O) groups excluding carboxylic acids is 2. The first-order chi connectivity index (χ1) is 11.4. The van der Waals surface area contributed by atoms with Gasteiger partial charge in [0.1, 0.15) is 0 Å². The van der Waals surface area contributed by atoms with E-state index in [1.165, 1.54) is 0 Å². The van der Waals surface area contributed by atoms with Gasteiger partial charge in [0, 0.05) is 36.1 Å². The monoisotopic (exact) mass is 396 g/mol. The van der Waals surface area contributed by atoms with Crippen LogP contribution in [0.5, 0.6) is 0 Å². The molecule has 1 aliphatic rings. The Morgan fingerprint density at radius 2 is 1.96 bits per heavy atom. The average molecular weight is 397 g/mol. The smallest absolute Gasteiger partial charge is 0.306 e. The van der Waals surface area contributed by atoms with Crippen molar-refractivity contribution in [1.82, 2.24) is 10.2 Å². The lowest BCUT2D eigenvalue weighted by Gasteiger charge is -2.35. The van der Waals surface area contributed by atoms with Gasteiger partial charge >= 0.3 is 5.97 Å². The molecule has 2 amide bonds. The van der Waals surface area contributed by atoms with Crippen molar-refractivity contribution in [2.45, 2.75) is 19.8 Å². The van der Waals surface area contributed by atoms with Crippen LogP contribution in [-0.2, 0) is 9.59 Å². The number of halogens is 1. The Balaban J connectivity index is 1.76. The molecule has 1 fully saturated rings. The Hall–Kier alpha value is -1.89. The molecule has 1 aromatic rings. The standard InChI is InChI=1S/C17H21BrN2O4/c1-11-10-20(9-7-14(11)17(23)24)15(21)6-8-19-16(22)12-2-4-13(18)5-3-12/h2-5,11,14H,6-10H2,1H3,(H,19,22)(H,23,24). The molecule has 1 saturated heterocycles. The summed E-state index contributed by atoms with van der Waals surface area (Å²) in [5, 5.41) is 11.8. The SMILES string of the molecule is CC1CN(C(=O)CCNC(=O)c2ccc(Br)cc2)CCC1C(=O)O. The zero-order chi connectivity index (χ0) is 17.7. The number of carbonyl (C=O) groups is 3. The van der Waals surface area contributed by atoms with Crippen LogP contribution in [0.3, 0.4) is 0 Å². The number of amides is 2. The van der Waals surface area contributed by atoms with E-state index in [2.05, 4.69) is 21.2 Å². The molecule has 0 spiro atoms. The van der Waals surface area contributed by atoms with Gasteiger partial charge < -0.3 is 15.3 Å². The van der Waals surface area contributed by atoms with Crippen LogP contribution in [0.15, 0.2) is 28.7 Å². The van der Waals surface area contributed by atoms with Crippen molar-refractivity contribution in [3.05, 3.63) is 34.3 Å². The summed E-state index contributed by atoms with van der Waals surface area (Å²) in [7, 11) is 0. The summed E-state index contributed by atoms with van der Waals surface area (Å²) < 4.78 is 0.896. The highest BCUT2D eigenvalue weighted by atomic mass is 79.9. The fourth-order valence-electron chi connectivity index (χ4n) is 2.88. The highest BCUT2D eigenvalue weighted by molar-refractivity contribution is 9.10. The lowest BCUT2D eigenvalue weighted by atomic mass is 9.87. The van der Waals surface area contributed by atoms with E-state index < -0.39 is 5.97 Å². The van der Waals surface area contributed by atoms with Crippen molar-refractivity contribution in [1.29, 1.82) is 0 Å². The van der Waals surface area contributed by atoms with E-state index in [9.17, 15) is 14.4 Å². The molecule has 6 nitrogen and oxygen atoms in total. The number of rotatable bonds is 5. The van der Waals surface area contributed by atoms with Gasteiger partial charge in [-0.3, -0.25) is 14.4 Å². The third kappa shape index (κ3) is 4.80. The van der Waals surface area contributed by atoms with Crippen molar-refractivity contribution in [3.63, 3.8) is 0 Å². The number of aliphatic carboxylic acids is 1. The summed E-state index contributed by atoms with van der Waals surface area (Å²) >= 11 is 3.31. The Morgan fingerprint density at radius 3 is 2.54 bits per heavy atom. The molecular formula is C17H21BrN2O4. The lowest BCUT2D eigenvalue weighted by molar-refractivity contribution is -0.148. The summed E-state index contributed by atoms with van der Waals surface area (Å²) in [6, 6.07) is 6.99. The predicted molar refractivity (Wildman–Crippen MR) is 92.6 cm³/mol. The average Bonchev–Trinajstić information content (AvgIpc) is 2.54. The van der Waals surface area contributed by atoms with E-state index in [1.807, 2.05) is 6.92 Å². The minimum atomic E-state index is -0.795. The van der Waals surface area contributed by atoms with E-state index in [4.69, 9.17) is 5.11 Å². The molecule has 0 aliphatic carbocycles. The van der Waals surface area contributed by atoms with Crippen molar-refractivity contribution in [2.75, 3.05) is 19.6 Å². The maximum atomic E-state index is 12.2. The Kier molecular flexibility index (Phi) is 6.36. The van der Waals surface area contributed by atoms with E-state index in [0.29, 0.717) is 25.1 Å². The van der Waals surface area contributed by atoms with Gasteiger partial charge in [0.2, 0.25) is 5.91 Å². The first-order valence-corrected chi connectivity index (χ1v) is 8.72. The lowest BCUT2D eigenvalue weighted by Crippen LogP contribution is -2.45. The molecule has 7 heteroatoms. The van der Waals surface area contributed by atoms with Gasteiger partial charge in [0.15, 0.2) is 0 Å². The Bertz CT molecular complexity index is 618. The van der Waals surface area contributed by atoms with Crippen LogP contribution in [0.1, 0.15) is 30.1 Å². The number of likely N-dealkylation sites (tertiary alicyclic amines) is 1. The van der Waals surface area contributed by atoms with Gasteiger partial charge in [0.25, 0.3) is 5.91 Å². The van der Waals surface area contributed by atoms with Crippen molar-refractivity contribution in [2.24, 2.45) is 11.8 Å². The second-order valence-corrected chi connectivity index (χ2v) is 6.98. The fourth-order valence-corrected chi connectivity index (χ4v) is 3.15. The quantitative estimate of drug-likeness (QED) is 0.797. The maximum Gasteiger partial charge on any atom is 0.306 e. The first kappa shape index (κ1) is 18.4. The number of carboxylic acid groups (broad SMARTS) is 1. The number of hydrogen-bond acceptors (Lipinski definition) is 3. The largest absolute Gasteiger partial charge is 0.481 e. The minimum absolute atomic E-state index is 0.0539. The molecule has 2 N–H and O–H groups in total. The molecule has 1 aromatic carbocycles. The highest BCUT2D eigenvalue weighted by Gasteiger charge is 2.32. The zero-order valence-electron chi connectivity index (χ0n) is 13.5. The number of piperidine rings is 1. The molecule has 130 valence electrons. The van der Waals surface area contributed by atoms with Gasteiger partial charge in [-0.15, -0.1) is 0 Å². The second kappa shape index (κ2) is 8.28. The molecule has 2 atom stereocenters. The molecule has 24 heavy (non-hydrogen) atoms. The Labute approximate surface area is 149 Å².